The van der Waals surface area contributed by atoms with Crippen molar-refractivity contribution in [3.05, 3.63) is 60.4 Å². The predicted octanol–water partition coefficient (Wildman–Crippen LogP) is 3.39. The zero-order valence-electron chi connectivity index (χ0n) is 12.4. The largest absolute Gasteiger partial charge is 0.431 e. The lowest BCUT2D eigenvalue weighted by atomic mass is 9.68. The molecule has 21 heavy (non-hydrogen) atoms. The van der Waals surface area contributed by atoms with Crippen LogP contribution in [0.2, 0.25) is 0 Å². The van der Waals surface area contributed by atoms with Crippen molar-refractivity contribution in [1.82, 2.24) is 0 Å². The van der Waals surface area contributed by atoms with Crippen LogP contribution in [0.1, 0.15) is 31.7 Å². The maximum atomic E-state index is 11.4. The fourth-order valence-corrected chi connectivity index (χ4v) is 3.05. The Kier molecular flexibility index (Phi) is 4.97. The average Bonchev–Trinajstić information content (AvgIpc) is 2.45. The summed E-state index contributed by atoms with van der Waals surface area (Å²) in [5.41, 5.74) is 0.505. The maximum Gasteiger partial charge on any atom is 0.307 e. The third kappa shape index (κ3) is 3.42. The van der Waals surface area contributed by atoms with Crippen LogP contribution in [-0.2, 0) is 16.0 Å². The Bertz CT molecular complexity index is 533. The normalized spacial score (nSPS) is 25.0. The quantitative estimate of drug-likeness (QED) is 0.666. The number of allylic oxidation sites excluding steroid dienone is 2. The van der Waals surface area contributed by atoms with E-state index in [1.165, 1.54) is 6.92 Å². The number of benzene rings is 1. The summed E-state index contributed by atoms with van der Waals surface area (Å²) in [4.78, 5) is 11.4. The van der Waals surface area contributed by atoms with Gasteiger partial charge in [0.1, 0.15) is 5.76 Å². The Morgan fingerprint density at radius 2 is 2.19 bits per heavy atom. The van der Waals surface area contributed by atoms with E-state index in [9.17, 15) is 9.90 Å². The molecule has 1 aromatic rings. The lowest BCUT2D eigenvalue weighted by Crippen LogP contribution is -2.42. The van der Waals surface area contributed by atoms with Gasteiger partial charge in [0.05, 0.1) is 11.5 Å². The van der Waals surface area contributed by atoms with Gasteiger partial charge in [0.25, 0.3) is 0 Å². The molecule has 1 N–H and O–H groups in total. The minimum atomic E-state index is -0.604. The van der Waals surface area contributed by atoms with Gasteiger partial charge in [0.2, 0.25) is 0 Å². The summed E-state index contributed by atoms with van der Waals surface area (Å²) >= 11 is 0. The van der Waals surface area contributed by atoms with Gasteiger partial charge >= 0.3 is 5.97 Å². The molecule has 2 atom stereocenters. The Morgan fingerprint density at radius 1 is 1.48 bits per heavy atom. The van der Waals surface area contributed by atoms with E-state index >= 15 is 0 Å². The number of esters is 1. The summed E-state index contributed by atoms with van der Waals surface area (Å²) < 4.78 is 5.42. The van der Waals surface area contributed by atoms with Crippen LogP contribution in [0.15, 0.2) is 54.8 Å². The average molecular weight is 286 g/mol. The Labute approximate surface area is 125 Å². The first-order chi connectivity index (χ1) is 10.1. The molecule has 2 rings (SSSR count). The van der Waals surface area contributed by atoms with Gasteiger partial charge in [-0.2, -0.15) is 0 Å². The molecule has 3 nitrogen and oxygen atoms in total. The van der Waals surface area contributed by atoms with Gasteiger partial charge in [-0.1, -0.05) is 36.4 Å². The highest BCUT2D eigenvalue weighted by Crippen LogP contribution is 2.44. The number of carbonyl (C=O) groups is 1. The van der Waals surface area contributed by atoms with E-state index < -0.39 is 11.5 Å². The van der Waals surface area contributed by atoms with E-state index in [0.717, 1.165) is 12.0 Å². The Morgan fingerprint density at radius 3 is 2.81 bits per heavy atom. The standard InChI is InChI=1S/C18H22O3/c1-3-12-18(13-15-8-5-4-6-9-15)16(20)10-7-11-17(18)21-14(2)19/h3-6,8-9,11,16,20H,1,7,10,12-13H2,2H3. The number of aliphatic hydroxyl groups is 1. The lowest BCUT2D eigenvalue weighted by Gasteiger charge is -2.41. The topological polar surface area (TPSA) is 46.5 Å². The number of hydrogen-bond acceptors (Lipinski definition) is 3. The second-order valence-corrected chi connectivity index (χ2v) is 5.57. The highest BCUT2D eigenvalue weighted by molar-refractivity contribution is 5.67. The zero-order chi connectivity index (χ0) is 15.3. The van der Waals surface area contributed by atoms with E-state index in [0.29, 0.717) is 25.0 Å². The molecule has 1 aliphatic rings. The zero-order valence-corrected chi connectivity index (χ0v) is 12.4. The molecule has 112 valence electrons. The molecule has 1 aromatic carbocycles. The lowest BCUT2D eigenvalue weighted by molar-refractivity contribution is -0.140. The van der Waals surface area contributed by atoms with Gasteiger partial charge in [-0.25, -0.2) is 0 Å². The van der Waals surface area contributed by atoms with E-state index in [2.05, 4.69) is 6.58 Å². The van der Waals surface area contributed by atoms with Crippen LogP contribution < -0.4 is 0 Å². The minimum Gasteiger partial charge on any atom is -0.431 e. The molecule has 0 heterocycles. The van der Waals surface area contributed by atoms with Crippen LogP contribution in [0.5, 0.6) is 0 Å². The molecule has 0 aromatic heterocycles. The van der Waals surface area contributed by atoms with Crippen molar-refractivity contribution < 1.29 is 14.6 Å². The highest BCUT2D eigenvalue weighted by Gasteiger charge is 2.44. The molecule has 3 heteroatoms. The van der Waals surface area contributed by atoms with Crippen LogP contribution >= 0.6 is 0 Å². The molecule has 0 saturated heterocycles. The van der Waals surface area contributed by atoms with E-state index in [4.69, 9.17) is 4.74 Å². The molecule has 0 bridgehead atoms. The summed E-state index contributed by atoms with van der Waals surface area (Å²) in [6, 6.07) is 9.96. The van der Waals surface area contributed by atoms with Gasteiger partial charge in [-0.05, 0) is 37.3 Å². The monoisotopic (exact) mass is 286 g/mol. The fraction of sp³-hybridized carbons (Fsp3) is 0.389. The van der Waals surface area contributed by atoms with Gasteiger partial charge in [-0.15, -0.1) is 6.58 Å². The van der Waals surface area contributed by atoms with Crippen molar-refractivity contribution in [2.75, 3.05) is 0 Å². The van der Waals surface area contributed by atoms with Crippen LogP contribution in [-0.4, -0.2) is 17.2 Å². The Hall–Kier alpha value is -1.87. The molecular weight excluding hydrogens is 264 g/mol. The molecule has 1 aliphatic carbocycles. The van der Waals surface area contributed by atoms with Crippen molar-refractivity contribution in [2.24, 2.45) is 5.41 Å². The van der Waals surface area contributed by atoms with Gasteiger partial charge < -0.3 is 9.84 Å². The third-order valence-electron chi connectivity index (χ3n) is 4.02. The molecular formula is C18H22O3. The van der Waals surface area contributed by atoms with Crippen molar-refractivity contribution >= 4 is 5.97 Å². The first kappa shape index (κ1) is 15.5. The van der Waals surface area contributed by atoms with E-state index in [1.807, 2.05) is 36.4 Å². The maximum absolute atomic E-state index is 11.4. The van der Waals surface area contributed by atoms with Crippen LogP contribution in [0.3, 0.4) is 0 Å². The molecule has 0 saturated carbocycles. The number of ether oxygens (including phenoxy) is 1. The van der Waals surface area contributed by atoms with Gasteiger partial charge in [0.15, 0.2) is 0 Å². The van der Waals surface area contributed by atoms with Crippen molar-refractivity contribution in [1.29, 1.82) is 0 Å². The van der Waals surface area contributed by atoms with E-state index in [-0.39, 0.29) is 5.97 Å². The smallest absolute Gasteiger partial charge is 0.307 e. The summed E-state index contributed by atoms with van der Waals surface area (Å²) in [5, 5.41) is 10.6. The first-order valence-electron chi connectivity index (χ1n) is 7.30. The second kappa shape index (κ2) is 6.72. The number of carbonyl (C=O) groups excluding carboxylic acids is 1. The van der Waals surface area contributed by atoms with E-state index in [1.54, 1.807) is 6.08 Å². The molecule has 0 aliphatic heterocycles. The Balaban J connectivity index is 2.40. The molecule has 0 fully saturated rings. The highest BCUT2D eigenvalue weighted by atomic mass is 16.5. The molecule has 0 spiro atoms. The van der Waals surface area contributed by atoms with Gasteiger partial charge in [-0.3, -0.25) is 4.79 Å². The van der Waals surface area contributed by atoms with Crippen LogP contribution in [0.25, 0.3) is 0 Å². The molecule has 2 unspecified atom stereocenters. The number of hydrogen-bond donors (Lipinski definition) is 1. The van der Waals surface area contributed by atoms with Crippen LogP contribution in [0.4, 0.5) is 0 Å². The number of aliphatic hydroxyl groups excluding tert-OH is 1. The summed E-state index contributed by atoms with van der Waals surface area (Å²) in [6.45, 7) is 5.20. The second-order valence-electron chi connectivity index (χ2n) is 5.57. The predicted molar refractivity (Wildman–Crippen MR) is 82.5 cm³/mol. The fourth-order valence-electron chi connectivity index (χ4n) is 3.05. The summed E-state index contributed by atoms with van der Waals surface area (Å²) in [6.07, 6.45) is 5.76. The third-order valence-corrected chi connectivity index (χ3v) is 4.02. The van der Waals surface area contributed by atoms with Gasteiger partial charge in [0, 0.05) is 6.92 Å². The molecule has 0 radical (unpaired) electrons. The summed E-state index contributed by atoms with van der Waals surface area (Å²) in [5.74, 6) is 0.231. The summed E-state index contributed by atoms with van der Waals surface area (Å²) in [7, 11) is 0. The van der Waals surface area contributed by atoms with Crippen molar-refractivity contribution in [2.45, 2.75) is 38.7 Å². The van der Waals surface area contributed by atoms with Crippen LogP contribution in [0, 0.1) is 5.41 Å². The SMILES string of the molecule is C=CCC1(Cc2ccccc2)C(OC(C)=O)=CCCC1O. The first-order valence-corrected chi connectivity index (χ1v) is 7.30. The molecule has 0 amide bonds. The van der Waals surface area contributed by atoms with Crippen molar-refractivity contribution in [3.63, 3.8) is 0 Å². The van der Waals surface area contributed by atoms with Crippen molar-refractivity contribution in [3.8, 4) is 0 Å². The number of rotatable bonds is 5. The minimum absolute atomic E-state index is 0.350.